The third-order valence-corrected chi connectivity index (χ3v) is 6.50. The van der Waals surface area contributed by atoms with Gasteiger partial charge in [0.15, 0.2) is 0 Å². The number of anilines is 1. The Morgan fingerprint density at radius 2 is 1.46 bits per heavy atom. The molecule has 0 radical (unpaired) electrons. The maximum atomic E-state index is 12.9. The summed E-state index contributed by atoms with van der Waals surface area (Å²) in [6.07, 6.45) is 1.49. The molecule has 0 aliphatic heterocycles. The van der Waals surface area contributed by atoms with E-state index in [1.165, 1.54) is 6.08 Å². The number of esters is 1. The molecule has 1 amide bonds. The van der Waals surface area contributed by atoms with Crippen LogP contribution in [0.15, 0.2) is 113 Å². The molecule has 0 unspecified atom stereocenters. The second-order valence-corrected chi connectivity index (χ2v) is 9.11. The van der Waals surface area contributed by atoms with E-state index in [4.69, 9.17) is 4.74 Å². The molecular weight excluding hydrogens is 528 g/mol. The average molecular weight is 547 g/mol. The lowest BCUT2D eigenvalue weighted by Crippen LogP contribution is -2.13. The van der Waals surface area contributed by atoms with Gasteiger partial charge in [-0.3, -0.25) is 4.79 Å². The molecule has 0 heterocycles. The zero-order valence-corrected chi connectivity index (χ0v) is 21.0. The Hall–Kier alpha value is -4.73. The molecule has 178 valence electrons. The van der Waals surface area contributed by atoms with Crippen molar-refractivity contribution in [1.82, 2.24) is 0 Å². The number of nitriles is 1. The number of benzene rings is 5. The molecule has 5 rings (SSSR count). The van der Waals surface area contributed by atoms with Crippen LogP contribution in [0.4, 0.5) is 5.69 Å². The summed E-state index contributed by atoms with van der Waals surface area (Å²) in [5, 5.41) is 16.1. The Kier molecular flexibility index (Phi) is 6.80. The summed E-state index contributed by atoms with van der Waals surface area (Å²) in [4.78, 5) is 25.8. The van der Waals surface area contributed by atoms with Crippen molar-refractivity contribution < 1.29 is 14.3 Å². The highest BCUT2D eigenvalue weighted by Crippen LogP contribution is 2.29. The van der Waals surface area contributed by atoms with Gasteiger partial charge in [-0.25, -0.2) is 4.79 Å². The second kappa shape index (κ2) is 10.5. The van der Waals surface area contributed by atoms with Crippen LogP contribution in [0.1, 0.15) is 15.9 Å². The van der Waals surface area contributed by atoms with Crippen LogP contribution in [-0.4, -0.2) is 11.9 Å². The molecule has 0 atom stereocenters. The Morgan fingerprint density at radius 3 is 2.19 bits per heavy atom. The van der Waals surface area contributed by atoms with Crippen molar-refractivity contribution in [1.29, 1.82) is 5.26 Å². The van der Waals surface area contributed by atoms with E-state index >= 15 is 0 Å². The van der Waals surface area contributed by atoms with Gasteiger partial charge in [0, 0.05) is 11.1 Å². The van der Waals surface area contributed by atoms with Crippen LogP contribution < -0.4 is 10.1 Å². The molecule has 6 heteroatoms. The molecule has 0 saturated heterocycles. The number of nitrogens with one attached hydrogen (secondary N) is 1. The van der Waals surface area contributed by atoms with Crippen molar-refractivity contribution in [2.24, 2.45) is 0 Å². The largest absolute Gasteiger partial charge is 0.422 e. The van der Waals surface area contributed by atoms with Crippen molar-refractivity contribution in [3.05, 3.63) is 124 Å². The topological polar surface area (TPSA) is 79.2 Å². The molecule has 0 aliphatic rings. The zero-order chi connectivity index (χ0) is 25.8. The average Bonchev–Trinajstić information content (AvgIpc) is 2.93. The smallest absolute Gasteiger partial charge is 0.344 e. The number of amides is 1. The van der Waals surface area contributed by atoms with Crippen molar-refractivity contribution in [2.75, 3.05) is 5.32 Å². The first-order valence-corrected chi connectivity index (χ1v) is 12.2. The van der Waals surface area contributed by atoms with Crippen LogP contribution >= 0.6 is 15.9 Å². The minimum absolute atomic E-state index is 0.0552. The lowest BCUT2D eigenvalue weighted by Gasteiger charge is -2.10. The van der Waals surface area contributed by atoms with Gasteiger partial charge < -0.3 is 10.1 Å². The fourth-order valence-electron chi connectivity index (χ4n) is 4.09. The van der Waals surface area contributed by atoms with E-state index in [-0.39, 0.29) is 5.57 Å². The minimum atomic E-state index is -0.513. The first-order chi connectivity index (χ1) is 18.0. The van der Waals surface area contributed by atoms with Gasteiger partial charge in [0.2, 0.25) is 0 Å². The van der Waals surface area contributed by atoms with E-state index in [0.29, 0.717) is 27.0 Å². The first kappa shape index (κ1) is 24.0. The Morgan fingerprint density at radius 1 is 0.811 bits per heavy atom. The summed E-state index contributed by atoms with van der Waals surface area (Å²) < 4.78 is 6.16. The maximum Gasteiger partial charge on any atom is 0.344 e. The van der Waals surface area contributed by atoms with E-state index in [9.17, 15) is 14.9 Å². The van der Waals surface area contributed by atoms with Gasteiger partial charge in [0.25, 0.3) is 5.91 Å². The van der Waals surface area contributed by atoms with Gasteiger partial charge in [0.1, 0.15) is 17.4 Å². The van der Waals surface area contributed by atoms with E-state index in [1.54, 1.807) is 30.3 Å². The molecule has 5 nitrogen and oxygen atoms in total. The standard InChI is InChI=1S/C31H19BrN2O3/c32-27-18-20(15-16-29(27)37-31(36)26-13-5-9-21-7-1-3-11-24(21)26)17-23(19-33)30(35)34-28-14-6-10-22-8-2-4-12-25(22)28/h1-18H,(H,34,35)/b23-17+. The number of rotatable bonds is 5. The molecule has 0 aliphatic carbocycles. The maximum absolute atomic E-state index is 12.9. The lowest BCUT2D eigenvalue weighted by molar-refractivity contribution is -0.112. The predicted octanol–water partition coefficient (Wildman–Crippen LogP) is 7.52. The van der Waals surface area contributed by atoms with Crippen LogP contribution in [0.5, 0.6) is 5.75 Å². The summed E-state index contributed by atoms with van der Waals surface area (Å²) in [5.41, 5.74) is 1.63. The van der Waals surface area contributed by atoms with Crippen LogP contribution in [0, 0.1) is 11.3 Å². The van der Waals surface area contributed by atoms with Crippen LogP contribution in [-0.2, 0) is 4.79 Å². The van der Waals surface area contributed by atoms with Gasteiger partial charge in [-0.15, -0.1) is 0 Å². The summed E-state index contributed by atoms with van der Waals surface area (Å²) in [5.74, 6) is -0.664. The molecule has 37 heavy (non-hydrogen) atoms. The number of halogens is 1. The quantitative estimate of drug-likeness (QED) is 0.107. The number of fused-ring (bicyclic) bond motifs is 2. The van der Waals surface area contributed by atoms with Gasteiger partial charge >= 0.3 is 5.97 Å². The highest BCUT2D eigenvalue weighted by molar-refractivity contribution is 9.10. The normalized spacial score (nSPS) is 11.2. The van der Waals surface area contributed by atoms with E-state index in [2.05, 4.69) is 21.2 Å². The summed E-state index contributed by atoms with van der Waals surface area (Å²) in [6, 6.07) is 33.3. The number of ether oxygens (including phenoxy) is 1. The molecule has 0 bridgehead atoms. The van der Waals surface area contributed by atoms with E-state index < -0.39 is 11.9 Å². The van der Waals surface area contributed by atoms with E-state index in [1.807, 2.05) is 78.9 Å². The third-order valence-electron chi connectivity index (χ3n) is 5.88. The fraction of sp³-hybridized carbons (Fsp3) is 0. The molecular formula is C31H19BrN2O3. The lowest BCUT2D eigenvalue weighted by atomic mass is 10.0. The number of hydrogen-bond donors (Lipinski definition) is 1. The molecule has 1 N–H and O–H groups in total. The predicted molar refractivity (Wildman–Crippen MR) is 149 cm³/mol. The molecule has 5 aromatic rings. The SMILES string of the molecule is N#C/C(=C\c1ccc(OC(=O)c2cccc3ccccc23)c(Br)c1)C(=O)Nc1cccc2ccccc12. The second-order valence-electron chi connectivity index (χ2n) is 8.26. The summed E-state index contributed by atoms with van der Waals surface area (Å²) >= 11 is 3.44. The summed E-state index contributed by atoms with van der Waals surface area (Å²) in [7, 11) is 0. The van der Waals surface area contributed by atoms with Crippen molar-refractivity contribution in [2.45, 2.75) is 0 Å². The van der Waals surface area contributed by atoms with Gasteiger partial charge in [-0.2, -0.15) is 5.26 Å². The number of hydrogen-bond acceptors (Lipinski definition) is 4. The summed E-state index contributed by atoms with van der Waals surface area (Å²) in [6.45, 7) is 0. The molecule has 5 aromatic carbocycles. The van der Waals surface area contributed by atoms with Gasteiger partial charge in [0.05, 0.1) is 10.0 Å². The number of nitrogens with zero attached hydrogens (tertiary/aromatic N) is 1. The van der Waals surface area contributed by atoms with Crippen LogP contribution in [0.25, 0.3) is 27.6 Å². The zero-order valence-electron chi connectivity index (χ0n) is 19.4. The monoisotopic (exact) mass is 546 g/mol. The molecule has 0 fully saturated rings. The van der Waals surface area contributed by atoms with Crippen molar-refractivity contribution >= 4 is 61.1 Å². The third kappa shape index (κ3) is 5.13. The molecule has 0 aromatic heterocycles. The van der Waals surface area contributed by atoms with E-state index in [0.717, 1.165) is 21.5 Å². The van der Waals surface area contributed by atoms with Crippen LogP contribution in [0.2, 0.25) is 0 Å². The molecule has 0 spiro atoms. The van der Waals surface area contributed by atoms with Crippen molar-refractivity contribution in [3.63, 3.8) is 0 Å². The van der Waals surface area contributed by atoms with Crippen LogP contribution in [0.3, 0.4) is 0 Å². The highest BCUT2D eigenvalue weighted by Gasteiger charge is 2.15. The minimum Gasteiger partial charge on any atom is -0.422 e. The fourth-order valence-corrected chi connectivity index (χ4v) is 4.56. The van der Waals surface area contributed by atoms with Gasteiger partial charge in [-0.1, -0.05) is 78.9 Å². The molecule has 0 saturated carbocycles. The van der Waals surface area contributed by atoms with Gasteiger partial charge in [-0.05, 0) is 68.0 Å². The Balaban J connectivity index is 1.36. The van der Waals surface area contributed by atoms with Crippen molar-refractivity contribution in [3.8, 4) is 11.8 Å². The number of carbonyl (C=O) groups is 2. The Labute approximate surface area is 221 Å². The first-order valence-electron chi connectivity index (χ1n) is 11.4. The Bertz CT molecular complexity index is 1740. The number of carbonyl (C=O) groups excluding carboxylic acids is 2. The highest BCUT2D eigenvalue weighted by atomic mass is 79.9.